The van der Waals surface area contributed by atoms with Crippen molar-refractivity contribution in [3.05, 3.63) is 88.9 Å². The van der Waals surface area contributed by atoms with Gasteiger partial charge in [-0.2, -0.15) is 28.1 Å². The van der Waals surface area contributed by atoms with E-state index < -0.39 is 60.3 Å². The summed E-state index contributed by atoms with van der Waals surface area (Å²) in [7, 11) is 0. The van der Waals surface area contributed by atoms with Crippen molar-refractivity contribution < 1.29 is 46.9 Å². The van der Waals surface area contributed by atoms with Crippen LogP contribution in [0.1, 0.15) is 28.8 Å². The Kier molecular flexibility index (Phi) is 11.9. The number of ether oxygens (including phenoxy) is 2. The Morgan fingerprint density at radius 3 is 2.14 bits per heavy atom. The zero-order valence-electron chi connectivity index (χ0n) is 29.2. The highest BCUT2D eigenvalue weighted by Gasteiger charge is 2.45. The fourth-order valence-electron chi connectivity index (χ4n) is 5.46. The van der Waals surface area contributed by atoms with Crippen molar-refractivity contribution in [2.75, 3.05) is 60.3 Å². The van der Waals surface area contributed by atoms with Gasteiger partial charge in [0.2, 0.25) is 11.9 Å². The second kappa shape index (κ2) is 17.0. The number of aliphatic imine (C=N–C) groups is 1. The number of rotatable bonds is 13. The van der Waals surface area contributed by atoms with Crippen molar-refractivity contribution in [2.45, 2.75) is 24.6 Å². The number of carbonyl (C=O) groups is 4. The van der Waals surface area contributed by atoms with Gasteiger partial charge in [-0.3, -0.25) is 14.4 Å². The summed E-state index contributed by atoms with van der Waals surface area (Å²) >= 11 is 6.02. The Morgan fingerprint density at radius 1 is 0.875 bits per heavy atom. The van der Waals surface area contributed by atoms with E-state index in [0.29, 0.717) is 36.8 Å². The van der Waals surface area contributed by atoms with Crippen LogP contribution in [0.3, 0.4) is 0 Å². The predicted octanol–water partition coefficient (Wildman–Crippen LogP) is 4.57. The van der Waals surface area contributed by atoms with Crippen LogP contribution in [-0.2, 0) is 24.7 Å². The number of carboxylic acids is 1. The quantitative estimate of drug-likeness (QED) is 0.0930. The molecule has 3 aromatic carbocycles. The molecule has 5 N–H and O–H groups in total. The minimum Gasteiger partial charge on any atom is -0.477 e. The molecule has 56 heavy (non-hydrogen) atoms. The Hall–Kier alpha value is -6.34. The minimum atomic E-state index is -4.66. The second-order valence-corrected chi connectivity index (χ2v) is 13.0. The van der Waals surface area contributed by atoms with Crippen molar-refractivity contribution in [3.8, 4) is 6.01 Å². The van der Waals surface area contributed by atoms with Gasteiger partial charge < -0.3 is 40.7 Å². The number of hydrogen-bond donors (Lipinski definition) is 5. The van der Waals surface area contributed by atoms with Gasteiger partial charge in [0.25, 0.3) is 5.91 Å². The highest BCUT2D eigenvalue weighted by Crippen LogP contribution is 2.48. The maximum Gasteiger partial charge on any atom is 0.422 e. The molecule has 0 radical (unpaired) electrons. The summed E-state index contributed by atoms with van der Waals surface area (Å²) in [6.07, 6.45) is -3.27. The van der Waals surface area contributed by atoms with Gasteiger partial charge in [-0.25, -0.2) is 9.79 Å². The number of hydrogen-bond acceptors (Lipinski definition) is 12. The maximum atomic E-state index is 12.9. The van der Waals surface area contributed by atoms with Gasteiger partial charge in [0.05, 0.1) is 25.3 Å². The Morgan fingerprint density at radius 2 is 1.52 bits per heavy atom. The molecule has 3 amide bonds. The third-order valence-electron chi connectivity index (χ3n) is 8.47. The Labute approximate surface area is 321 Å². The fraction of sp³-hybridized carbons (Fsp3) is 0.278. The van der Waals surface area contributed by atoms with E-state index >= 15 is 0 Å². The molecule has 0 bridgehead atoms. The number of alkyl halides is 3. The molecule has 2 heterocycles. The molecule has 1 saturated carbocycles. The van der Waals surface area contributed by atoms with Crippen LogP contribution in [0.2, 0.25) is 5.02 Å². The summed E-state index contributed by atoms with van der Waals surface area (Å²) in [5.41, 5.74) is 1.05. The average molecular weight is 796 g/mol. The molecule has 1 aromatic heterocycles. The van der Waals surface area contributed by atoms with Gasteiger partial charge in [0.1, 0.15) is 5.71 Å². The average Bonchev–Trinajstić information content (AvgIpc) is 3.96. The lowest BCUT2D eigenvalue weighted by atomic mass is 10.1. The fourth-order valence-corrected chi connectivity index (χ4v) is 5.58. The summed E-state index contributed by atoms with van der Waals surface area (Å²) < 4.78 is 49.0. The van der Waals surface area contributed by atoms with Gasteiger partial charge in [0.15, 0.2) is 6.61 Å². The molecule has 20 heteroatoms. The molecular formula is C36H33ClF3N9O7. The lowest BCUT2D eigenvalue weighted by Gasteiger charge is -2.28. The molecule has 1 aliphatic heterocycles. The number of morpholine rings is 1. The summed E-state index contributed by atoms with van der Waals surface area (Å²) in [6.45, 7) is 0.259. The van der Waals surface area contributed by atoms with E-state index in [2.05, 4.69) is 46.1 Å². The zero-order chi connectivity index (χ0) is 39.9. The van der Waals surface area contributed by atoms with Crippen LogP contribution in [-0.4, -0.2) is 95.1 Å². The van der Waals surface area contributed by atoms with E-state index in [9.17, 15) is 37.5 Å². The first-order valence-electron chi connectivity index (χ1n) is 17.0. The normalized spacial score (nSPS) is 15.0. The van der Waals surface area contributed by atoms with Gasteiger partial charge in [-0.05, 0) is 79.1 Å². The number of anilines is 5. The number of halogens is 4. The van der Waals surface area contributed by atoms with E-state index in [1.54, 1.807) is 36.4 Å². The molecule has 292 valence electrons. The molecular weight excluding hydrogens is 763 g/mol. The van der Waals surface area contributed by atoms with Crippen LogP contribution in [0.25, 0.3) is 0 Å². The largest absolute Gasteiger partial charge is 0.477 e. The third-order valence-corrected chi connectivity index (χ3v) is 8.73. The number of aromatic nitrogens is 3. The lowest BCUT2D eigenvalue weighted by molar-refractivity contribution is -0.154. The van der Waals surface area contributed by atoms with Crippen molar-refractivity contribution in [3.63, 3.8) is 0 Å². The van der Waals surface area contributed by atoms with Crippen LogP contribution in [0, 0.1) is 0 Å². The highest BCUT2D eigenvalue weighted by molar-refractivity contribution is 6.42. The second-order valence-electron chi connectivity index (χ2n) is 12.5. The number of aliphatic carboxylic acids is 1. The van der Waals surface area contributed by atoms with E-state index in [-0.39, 0.29) is 23.1 Å². The smallest absolute Gasteiger partial charge is 0.422 e. The summed E-state index contributed by atoms with van der Waals surface area (Å²) in [4.78, 5) is 67.6. The first kappa shape index (κ1) is 39.4. The molecule has 0 unspecified atom stereocenters. The number of carboxylic acid groups (broad SMARTS) is 1. The summed E-state index contributed by atoms with van der Waals surface area (Å²) in [5, 5.41) is 20.7. The summed E-state index contributed by atoms with van der Waals surface area (Å²) in [6, 6.07) is 18.7. The molecule has 2 aliphatic rings. The topological polar surface area (TPSA) is 209 Å². The van der Waals surface area contributed by atoms with E-state index in [0.717, 1.165) is 24.3 Å². The number of nitrogens with zero attached hydrogens (tertiary/aromatic N) is 5. The highest BCUT2D eigenvalue weighted by atomic mass is 35.5. The van der Waals surface area contributed by atoms with Crippen molar-refractivity contribution >= 4 is 70.0 Å². The molecule has 4 aromatic rings. The van der Waals surface area contributed by atoms with Crippen LogP contribution < -0.4 is 30.9 Å². The van der Waals surface area contributed by atoms with Crippen LogP contribution >= 0.6 is 11.6 Å². The molecule has 0 atom stereocenters. The monoisotopic (exact) mass is 795 g/mol. The predicted molar refractivity (Wildman–Crippen MR) is 198 cm³/mol. The van der Waals surface area contributed by atoms with Crippen molar-refractivity contribution in [1.29, 1.82) is 0 Å². The third kappa shape index (κ3) is 10.7. The Bertz CT molecular complexity index is 2110. The zero-order valence-corrected chi connectivity index (χ0v) is 30.0. The first-order valence-corrected chi connectivity index (χ1v) is 17.4. The van der Waals surface area contributed by atoms with Crippen LogP contribution in [0.4, 0.5) is 42.1 Å². The molecule has 16 nitrogen and oxygen atoms in total. The SMILES string of the molecule is O=C(O)C(CNC(=O)C(=O)Nc1ccc(N2CCOCC2)cc1)=NC(=O)c1ccc(Nc2nc(NC3(c4ccc(Cl)cc4)CC3)nc(OCC(F)(F)F)n2)cc1. The van der Waals surface area contributed by atoms with E-state index in [1.807, 2.05) is 12.1 Å². The van der Waals surface area contributed by atoms with E-state index in [4.69, 9.17) is 21.1 Å². The number of benzene rings is 3. The first-order chi connectivity index (χ1) is 26.7. The number of nitrogens with one attached hydrogen (secondary N) is 4. The van der Waals surface area contributed by atoms with Gasteiger partial charge in [-0.1, -0.05) is 23.7 Å². The lowest BCUT2D eigenvalue weighted by Crippen LogP contribution is -2.40. The standard InChI is InChI=1S/C36H33ClF3N9O7/c37-23-5-3-22(4-6-23)35(13-14-35)48-33-45-32(46-34(47-33)56-20-36(38,39)40)43-25-7-1-21(2-8-25)28(50)44-27(31(53)54)19-41-29(51)30(52)42-24-9-11-26(12-10-24)49-15-17-55-18-16-49/h1-12H,13-20H2,(H,41,51)(H,42,52)(H,53,54)(H2,43,45,46,47,48). The molecule has 1 saturated heterocycles. The van der Waals surface area contributed by atoms with Gasteiger partial charge in [0, 0.05) is 40.7 Å². The molecule has 1 aliphatic carbocycles. The minimum absolute atomic E-state index is 0.0512. The molecule has 0 spiro atoms. The van der Waals surface area contributed by atoms with Gasteiger partial charge >= 0.3 is 30.0 Å². The number of carbonyl (C=O) groups excluding carboxylic acids is 3. The van der Waals surface area contributed by atoms with E-state index in [1.165, 1.54) is 24.3 Å². The van der Waals surface area contributed by atoms with Crippen molar-refractivity contribution in [2.24, 2.45) is 4.99 Å². The molecule has 6 rings (SSSR count). The molecule has 2 fully saturated rings. The maximum absolute atomic E-state index is 12.9. The van der Waals surface area contributed by atoms with Crippen LogP contribution in [0.5, 0.6) is 6.01 Å². The summed E-state index contributed by atoms with van der Waals surface area (Å²) in [5.74, 6) is -5.03. The Balaban J connectivity index is 1.07. The number of amides is 3. The van der Waals surface area contributed by atoms with Crippen LogP contribution in [0.15, 0.2) is 77.8 Å². The van der Waals surface area contributed by atoms with Crippen molar-refractivity contribution in [1.82, 2.24) is 20.3 Å². The van der Waals surface area contributed by atoms with Gasteiger partial charge in [-0.15, -0.1) is 0 Å².